The van der Waals surface area contributed by atoms with Crippen molar-refractivity contribution in [2.24, 2.45) is 0 Å². The first-order valence-corrected chi connectivity index (χ1v) is 8.63. The molecule has 26 heavy (non-hydrogen) atoms. The summed E-state index contributed by atoms with van der Waals surface area (Å²) in [5, 5.41) is 7.63. The molecule has 0 aliphatic carbocycles. The quantitative estimate of drug-likeness (QED) is 0.666. The summed E-state index contributed by atoms with van der Waals surface area (Å²) in [4.78, 5) is 19.0. The van der Waals surface area contributed by atoms with E-state index < -0.39 is 0 Å². The van der Waals surface area contributed by atoms with Crippen molar-refractivity contribution in [3.8, 4) is 16.9 Å². The first-order valence-electron chi connectivity index (χ1n) is 8.63. The zero-order chi connectivity index (χ0) is 18.4. The maximum Gasteiger partial charge on any atom is 0.255 e. The molecule has 2 aromatic heterocycles. The van der Waals surface area contributed by atoms with Gasteiger partial charge in [-0.25, -0.2) is 4.68 Å². The van der Waals surface area contributed by atoms with Gasteiger partial charge in [0.05, 0.1) is 11.3 Å². The van der Waals surface area contributed by atoms with Crippen molar-refractivity contribution in [1.82, 2.24) is 25.0 Å². The highest BCUT2D eigenvalue weighted by Gasteiger charge is 2.18. The molecule has 6 nitrogen and oxygen atoms in total. The van der Waals surface area contributed by atoms with Gasteiger partial charge >= 0.3 is 0 Å². The van der Waals surface area contributed by atoms with Crippen LogP contribution in [0.4, 0.5) is 0 Å². The molecule has 0 spiro atoms. The largest absolute Gasteiger partial charge is 0.352 e. The van der Waals surface area contributed by atoms with Crippen LogP contribution in [0.5, 0.6) is 0 Å². The van der Waals surface area contributed by atoms with Crippen LogP contribution in [0.3, 0.4) is 0 Å². The van der Waals surface area contributed by atoms with Gasteiger partial charge in [0.25, 0.3) is 5.91 Å². The Bertz CT molecular complexity index is 843. The van der Waals surface area contributed by atoms with Gasteiger partial charge in [-0.3, -0.25) is 9.78 Å². The zero-order valence-corrected chi connectivity index (χ0v) is 15.1. The molecule has 1 aromatic carbocycles. The highest BCUT2D eigenvalue weighted by atomic mass is 16.1. The number of rotatable bonds is 7. The van der Waals surface area contributed by atoms with Crippen LogP contribution in [0, 0.1) is 0 Å². The van der Waals surface area contributed by atoms with E-state index in [9.17, 15) is 4.79 Å². The summed E-state index contributed by atoms with van der Waals surface area (Å²) >= 11 is 0. The highest BCUT2D eigenvalue weighted by molar-refractivity contribution is 5.99. The molecular formula is C20H23N5O. The van der Waals surface area contributed by atoms with Gasteiger partial charge < -0.3 is 10.2 Å². The molecule has 0 saturated heterocycles. The van der Waals surface area contributed by atoms with Gasteiger partial charge in [-0.15, -0.1) is 0 Å². The topological polar surface area (TPSA) is 63.1 Å². The maximum atomic E-state index is 12.7. The van der Waals surface area contributed by atoms with Gasteiger partial charge in [-0.1, -0.05) is 18.2 Å². The Morgan fingerprint density at radius 3 is 2.65 bits per heavy atom. The SMILES string of the molecule is CN(C)CCCNC(=O)c1cn(-c2ccccc2)nc1-c1cccnc1. The third-order valence-corrected chi connectivity index (χ3v) is 3.98. The standard InChI is InChI=1S/C20H23N5O/c1-24(2)13-7-12-22-20(26)18-15-25(17-9-4-3-5-10-17)23-19(18)16-8-6-11-21-14-16/h3-6,8-11,14-15H,7,12-13H2,1-2H3,(H,22,26). The number of hydrogen-bond donors (Lipinski definition) is 1. The van der Waals surface area contributed by atoms with Gasteiger partial charge in [-0.2, -0.15) is 5.10 Å². The molecule has 2 heterocycles. The number of nitrogens with one attached hydrogen (secondary N) is 1. The van der Waals surface area contributed by atoms with Crippen LogP contribution in [-0.4, -0.2) is 52.8 Å². The number of para-hydroxylation sites is 1. The number of hydrogen-bond acceptors (Lipinski definition) is 4. The molecule has 0 unspecified atom stereocenters. The molecule has 134 valence electrons. The van der Waals surface area contributed by atoms with Crippen molar-refractivity contribution >= 4 is 5.91 Å². The lowest BCUT2D eigenvalue weighted by molar-refractivity contribution is 0.0953. The third kappa shape index (κ3) is 4.34. The van der Waals surface area contributed by atoms with E-state index in [0.717, 1.165) is 24.2 Å². The van der Waals surface area contributed by atoms with Gasteiger partial charge in [-0.05, 0) is 51.3 Å². The molecule has 0 fully saturated rings. The fourth-order valence-electron chi connectivity index (χ4n) is 2.66. The summed E-state index contributed by atoms with van der Waals surface area (Å²) in [7, 11) is 4.04. The fourth-order valence-corrected chi connectivity index (χ4v) is 2.66. The van der Waals surface area contributed by atoms with E-state index in [1.807, 2.05) is 56.6 Å². The number of aromatic nitrogens is 3. The summed E-state index contributed by atoms with van der Waals surface area (Å²) in [5.74, 6) is -0.121. The monoisotopic (exact) mass is 349 g/mol. The van der Waals surface area contributed by atoms with Crippen LogP contribution < -0.4 is 5.32 Å². The number of pyridine rings is 1. The van der Waals surface area contributed by atoms with E-state index in [1.54, 1.807) is 23.3 Å². The molecule has 0 aliphatic heterocycles. The first-order chi connectivity index (χ1) is 12.6. The molecule has 3 rings (SSSR count). The minimum atomic E-state index is -0.121. The summed E-state index contributed by atoms with van der Waals surface area (Å²) in [5.41, 5.74) is 2.91. The van der Waals surface area contributed by atoms with E-state index in [4.69, 9.17) is 0 Å². The lowest BCUT2D eigenvalue weighted by Gasteiger charge is -2.09. The van der Waals surface area contributed by atoms with Crippen molar-refractivity contribution in [2.45, 2.75) is 6.42 Å². The molecule has 0 bridgehead atoms. The number of benzene rings is 1. The molecule has 6 heteroatoms. The van der Waals surface area contributed by atoms with Crippen LogP contribution in [0.1, 0.15) is 16.8 Å². The van der Waals surface area contributed by atoms with Gasteiger partial charge in [0, 0.05) is 30.7 Å². The second-order valence-electron chi connectivity index (χ2n) is 6.33. The molecule has 0 radical (unpaired) electrons. The average molecular weight is 349 g/mol. The van der Waals surface area contributed by atoms with Crippen molar-refractivity contribution < 1.29 is 4.79 Å². The molecule has 1 amide bonds. The minimum Gasteiger partial charge on any atom is -0.352 e. The van der Waals surface area contributed by atoms with E-state index in [0.29, 0.717) is 17.8 Å². The molecule has 1 N–H and O–H groups in total. The van der Waals surface area contributed by atoms with Crippen molar-refractivity contribution in [1.29, 1.82) is 0 Å². The normalized spacial score (nSPS) is 10.9. The van der Waals surface area contributed by atoms with Crippen LogP contribution in [0.15, 0.2) is 61.1 Å². The minimum absolute atomic E-state index is 0.121. The highest BCUT2D eigenvalue weighted by Crippen LogP contribution is 2.23. The van der Waals surface area contributed by atoms with E-state index in [1.165, 1.54) is 0 Å². The van der Waals surface area contributed by atoms with Gasteiger partial charge in [0.15, 0.2) is 0 Å². The Hall–Kier alpha value is -2.99. The molecule has 0 saturated carbocycles. The maximum absolute atomic E-state index is 12.7. The predicted octanol–water partition coefficient (Wildman–Crippen LogP) is 2.62. The lowest BCUT2D eigenvalue weighted by atomic mass is 10.1. The smallest absolute Gasteiger partial charge is 0.255 e. The Balaban J connectivity index is 1.87. The van der Waals surface area contributed by atoms with Gasteiger partial charge in [0.1, 0.15) is 5.69 Å². The Kier molecular flexibility index (Phi) is 5.76. The van der Waals surface area contributed by atoms with Crippen LogP contribution in [0.2, 0.25) is 0 Å². The van der Waals surface area contributed by atoms with Crippen LogP contribution >= 0.6 is 0 Å². The van der Waals surface area contributed by atoms with Gasteiger partial charge in [0.2, 0.25) is 0 Å². The number of carbonyl (C=O) groups is 1. The third-order valence-electron chi connectivity index (χ3n) is 3.98. The molecule has 0 aliphatic rings. The lowest BCUT2D eigenvalue weighted by Crippen LogP contribution is -2.27. The predicted molar refractivity (Wildman–Crippen MR) is 102 cm³/mol. The van der Waals surface area contributed by atoms with Crippen molar-refractivity contribution in [2.75, 3.05) is 27.2 Å². The summed E-state index contributed by atoms with van der Waals surface area (Å²) in [6.45, 7) is 1.55. The van der Waals surface area contributed by atoms with Crippen molar-refractivity contribution in [3.05, 3.63) is 66.6 Å². The average Bonchev–Trinajstić information content (AvgIpc) is 3.12. The van der Waals surface area contributed by atoms with Crippen molar-refractivity contribution in [3.63, 3.8) is 0 Å². The van der Waals surface area contributed by atoms with E-state index in [-0.39, 0.29) is 5.91 Å². The number of nitrogens with zero attached hydrogens (tertiary/aromatic N) is 4. The Labute approximate surface area is 153 Å². The summed E-state index contributed by atoms with van der Waals surface area (Å²) in [6.07, 6.45) is 6.10. The fraction of sp³-hybridized carbons (Fsp3) is 0.250. The van der Waals surface area contributed by atoms with Crippen LogP contribution in [-0.2, 0) is 0 Å². The second-order valence-corrected chi connectivity index (χ2v) is 6.33. The Morgan fingerprint density at radius 2 is 1.96 bits per heavy atom. The van der Waals surface area contributed by atoms with E-state index >= 15 is 0 Å². The molecule has 3 aromatic rings. The summed E-state index contributed by atoms with van der Waals surface area (Å²) < 4.78 is 1.73. The molecular weight excluding hydrogens is 326 g/mol. The first kappa shape index (κ1) is 17.8. The summed E-state index contributed by atoms with van der Waals surface area (Å²) in [6, 6.07) is 13.5. The number of amides is 1. The second kappa shape index (κ2) is 8.40. The van der Waals surface area contributed by atoms with Crippen LogP contribution in [0.25, 0.3) is 16.9 Å². The Morgan fingerprint density at radius 1 is 1.15 bits per heavy atom. The molecule has 0 atom stereocenters. The van der Waals surface area contributed by atoms with E-state index in [2.05, 4.69) is 20.3 Å². The number of carbonyl (C=O) groups excluding carboxylic acids is 1. The zero-order valence-electron chi connectivity index (χ0n) is 15.1.